The van der Waals surface area contributed by atoms with Crippen molar-refractivity contribution in [3.63, 3.8) is 0 Å². The van der Waals surface area contributed by atoms with Gasteiger partial charge in [0.1, 0.15) is 0 Å². The van der Waals surface area contributed by atoms with E-state index in [-0.39, 0.29) is 0 Å². The summed E-state index contributed by atoms with van der Waals surface area (Å²) in [6.07, 6.45) is 9.33. The molecular formula is C16H19N3. The molecule has 3 nitrogen and oxygen atoms in total. The van der Waals surface area contributed by atoms with Gasteiger partial charge in [-0.3, -0.25) is 0 Å². The van der Waals surface area contributed by atoms with Gasteiger partial charge in [-0.2, -0.15) is 0 Å². The molecule has 0 fully saturated rings. The molecule has 1 aliphatic carbocycles. The molecule has 0 spiro atoms. The maximum atomic E-state index is 4.62. The van der Waals surface area contributed by atoms with E-state index in [2.05, 4.69) is 33.1 Å². The van der Waals surface area contributed by atoms with E-state index in [4.69, 9.17) is 0 Å². The summed E-state index contributed by atoms with van der Waals surface area (Å²) in [5, 5.41) is 3.51. The maximum Gasteiger partial charge on any atom is 0.0997 e. The van der Waals surface area contributed by atoms with Crippen molar-refractivity contribution in [3.8, 4) is 5.69 Å². The van der Waals surface area contributed by atoms with Crippen molar-refractivity contribution in [1.82, 2.24) is 9.55 Å². The quantitative estimate of drug-likeness (QED) is 0.846. The molecule has 0 atom stereocenters. The zero-order valence-corrected chi connectivity index (χ0v) is 11.2. The predicted octanol–water partition coefficient (Wildman–Crippen LogP) is 3.11. The minimum atomic E-state index is 1.10. The Morgan fingerprint density at radius 3 is 3.00 bits per heavy atom. The van der Waals surface area contributed by atoms with Crippen LogP contribution in [-0.2, 0) is 19.3 Å². The van der Waals surface area contributed by atoms with Gasteiger partial charge in [-0.05, 0) is 56.2 Å². The molecule has 2 heterocycles. The number of fused-ring (bicyclic) bond motifs is 2. The molecule has 2 aromatic rings. The number of aromatic nitrogens is 2. The minimum Gasteiger partial charge on any atom is -0.385 e. The van der Waals surface area contributed by atoms with Gasteiger partial charge in [0.05, 0.1) is 17.7 Å². The van der Waals surface area contributed by atoms with E-state index in [1.807, 2.05) is 6.33 Å². The van der Waals surface area contributed by atoms with E-state index in [1.54, 1.807) is 0 Å². The third-order valence-corrected chi connectivity index (χ3v) is 4.36. The van der Waals surface area contributed by atoms with Crippen molar-refractivity contribution < 1.29 is 0 Å². The van der Waals surface area contributed by atoms with Crippen LogP contribution in [0.15, 0.2) is 24.5 Å². The van der Waals surface area contributed by atoms with Crippen LogP contribution in [0.1, 0.15) is 36.2 Å². The summed E-state index contributed by atoms with van der Waals surface area (Å²) in [6.45, 7) is 1.10. The number of nitrogens with one attached hydrogen (secondary N) is 1. The highest BCUT2D eigenvalue weighted by Gasteiger charge is 2.19. The molecule has 19 heavy (non-hydrogen) atoms. The van der Waals surface area contributed by atoms with Gasteiger partial charge in [-0.25, -0.2) is 4.98 Å². The molecule has 4 rings (SSSR count). The standard InChI is InChI=1S/C16H19N3/c1-2-8-16-14(6-1)18-11-19(16)15-9-3-7-13-12(15)5-4-10-17-13/h3,7,9,11,17H,1-2,4-6,8,10H2. The van der Waals surface area contributed by atoms with Crippen molar-refractivity contribution >= 4 is 5.69 Å². The van der Waals surface area contributed by atoms with Gasteiger partial charge in [0.2, 0.25) is 0 Å². The van der Waals surface area contributed by atoms with Gasteiger partial charge in [-0.1, -0.05) is 6.07 Å². The predicted molar refractivity (Wildman–Crippen MR) is 77.0 cm³/mol. The largest absolute Gasteiger partial charge is 0.385 e. The van der Waals surface area contributed by atoms with E-state index >= 15 is 0 Å². The summed E-state index contributed by atoms with van der Waals surface area (Å²) in [5.41, 5.74) is 6.85. The van der Waals surface area contributed by atoms with Gasteiger partial charge < -0.3 is 9.88 Å². The molecule has 2 aliphatic rings. The van der Waals surface area contributed by atoms with Crippen molar-refractivity contribution in [2.45, 2.75) is 38.5 Å². The van der Waals surface area contributed by atoms with Crippen LogP contribution in [0.5, 0.6) is 0 Å². The summed E-state index contributed by atoms with van der Waals surface area (Å²) in [7, 11) is 0. The zero-order valence-electron chi connectivity index (χ0n) is 11.2. The summed E-state index contributed by atoms with van der Waals surface area (Å²) >= 11 is 0. The molecule has 1 aromatic heterocycles. The highest BCUT2D eigenvalue weighted by molar-refractivity contribution is 5.62. The fourth-order valence-corrected chi connectivity index (χ4v) is 3.39. The first kappa shape index (κ1) is 11.1. The topological polar surface area (TPSA) is 29.9 Å². The molecule has 1 N–H and O–H groups in total. The summed E-state index contributed by atoms with van der Waals surface area (Å²) in [5.74, 6) is 0. The monoisotopic (exact) mass is 253 g/mol. The molecular weight excluding hydrogens is 234 g/mol. The Morgan fingerprint density at radius 1 is 1.05 bits per heavy atom. The van der Waals surface area contributed by atoms with Crippen molar-refractivity contribution in [2.75, 3.05) is 11.9 Å². The van der Waals surface area contributed by atoms with Crippen LogP contribution in [0.2, 0.25) is 0 Å². The van der Waals surface area contributed by atoms with Gasteiger partial charge >= 0.3 is 0 Å². The average Bonchev–Trinajstić information content (AvgIpc) is 2.90. The number of aryl methyl sites for hydroxylation is 1. The Balaban J connectivity index is 1.86. The first-order valence-corrected chi connectivity index (χ1v) is 7.35. The maximum absolute atomic E-state index is 4.62. The fraction of sp³-hybridized carbons (Fsp3) is 0.438. The number of nitrogens with zero attached hydrogens (tertiary/aromatic N) is 2. The molecule has 0 amide bonds. The molecule has 1 aliphatic heterocycles. The normalized spacial score (nSPS) is 17.5. The van der Waals surface area contributed by atoms with Crippen LogP contribution >= 0.6 is 0 Å². The lowest BCUT2D eigenvalue weighted by Crippen LogP contribution is -2.15. The van der Waals surface area contributed by atoms with Gasteiger partial charge in [0, 0.05) is 17.9 Å². The molecule has 98 valence electrons. The number of imidazole rings is 1. The van der Waals surface area contributed by atoms with Crippen LogP contribution in [0.3, 0.4) is 0 Å². The third kappa shape index (κ3) is 1.76. The van der Waals surface area contributed by atoms with Crippen LogP contribution in [-0.4, -0.2) is 16.1 Å². The van der Waals surface area contributed by atoms with E-state index < -0.39 is 0 Å². The lowest BCUT2D eigenvalue weighted by molar-refractivity contribution is 0.655. The number of hydrogen-bond donors (Lipinski definition) is 1. The number of anilines is 1. The van der Waals surface area contributed by atoms with E-state index in [9.17, 15) is 0 Å². The Morgan fingerprint density at radius 2 is 2.00 bits per heavy atom. The number of rotatable bonds is 1. The summed E-state index contributed by atoms with van der Waals surface area (Å²) in [4.78, 5) is 4.62. The molecule has 0 saturated heterocycles. The Kier molecular flexibility index (Phi) is 2.57. The first-order valence-electron chi connectivity index (χ1n) is 7.35. The highest BCUT2D eigenvalue weighted by Crippen LogP contribution is 2.30. The SMILES string of the molecule is c1cc2c(c(-n3cnc4c3CCCC4)c1)CCCN2. The fourth-order valence-electron chi connectivity index (χ4n) is 3.39. The second-order valence-corrected chi connectivity index (χ2v) is 5.55. The first-order chi connectivity index (χ1) is 9.43. The summed E-state index contributed by atoms with van der Waals surface area (Å²) < 4.78 is 2.33. The molecule has 0 bridgehead atoms. The Hall–Kier alpha value is -1.77. The Labute approximate surface area is 113 Å². The highest BCUT2D eigenvalue weighted by atomic mass is 15.1. The van der Waals surface area contributed by atoms with Gasteiger partial charge in [0.15, 0.2) is 0 Å². The number of benzene rings is 1. The third-order valence-electron chi connectivity index (χ3n) is 4.36. The van der Waals surface area contributed by atoms with Crippen molar-refractivity contribution in [1.29, 1.82) is 0 Å². The van der Waals surface area contributed by atoms with Crippen LogP contribution in [0.25, 0.3) is 5.69 Å². The molecule has 0 radical (unpaired) electrons. The smallest absolute Gasteiger partial charge is 0.0997 e. The average molecular weight is 253 g/mol. The lowest BCUT2D eigenvalue weighted by atomic mass is 9.99. The van der Waals surface area contributed by atoms with Crippen LogP contribution < -0.4 is 5.32 Å². The van der Waals surface area contributed by atoms with Crippen molar-refractivity contribution in [2.24, 2.45) is 0 Å². The summed E-state index contributed by atoms with van der Waals surface area (Å²) in [6, 6.07) is 6.59. The van der Waals surface area contributed by atoms with Gasteiger partial charge in [0.25, 0.3) is 0 Å². The van der Waals surface area contributed by atoms with E-state index in [0.29, 0.717) is 0 Å². The molecule has 1 aromatic carbocycles. The van der Waals surface area contributed by atoms with Crippen molar-refractivity contribution in [3.05, 3.63) is 41.5 Å². The second kappa shape index (κ2) is 4.41. The number of hydrogen-bond acceptors (Lipinski definition) is 2. The van der Waals surface area contributed by atoms with Gasteiger partial charge in [-0.15, -0.1) is 0 Å². The van der Waals surface area contributed by atoms with Crippen LogP contribution in [0.4, 0.5) is 5.69 Å². The van der Waals surface area contributed by atoms with E-state index in [1.165, 1.54) is 60.4 Å². The molecule has 0 unspecified atom stereocenters. The zero-order chi connectivity index (χ0) is 12.7. The Bertz CT molecular complexity index is 612. The second-order valence-electron chi connectivity index (χ2n) is 5.55. The molecule has 0 saturated carbocycles. The molecule has 3 heteroatoms. The lowest BCUT2D eigenvalue weighted by Gasteiger charge is -2.23. The van der Waals surface area contributed by atoms with E-state index in [0.717, 1.165) is 13.0 Å². The van der Waals surface area contributed by atoms with Crippen LogP contribution in [0, 0.1) is 0 Å². The minimum absolute atomic E-state index is 1.10.